The number of piperazine rings is 1. The van der Waals surface area contributed by atoms with Crippen LogP contribution in [0.3, 0.4) is 0 Å². The minimum atomic E-state index is 0.00494. The predicted molar refractivity (Wildman–Crippen MR) is 110 cm³/mol. The van der Waals surface area contributed by atoms with Crippen LogP contribution in [0.25, 0.3) is 11.4 Å². The van der Waals surface area contributed by atoms with Crippen LogP contribution < -0.4 is 4.90 Å². The number of amides is 1. The average molecular weight is 455 g/mol. The predicted octanol–water partition coefficient (Wildman–Crippen LogP) is 3.13. The van der Waals surface area contributed by atoms with Crippen LogP contribution in [-0.4, -0.2) is 57.1 Å². The molecule has 1 saturated heterocycles. The molecule has 1 aliphatic heterocycles. The summed E-state index contributed by atoms with van der Waals surface area (Å²) in [5, 5.41) is 4.06. The van der Waals surface area contributed by atoms with Crippen LogP contribution >= 0.6 is 15.9 Å². The maximum absolute atomic E-state index is 12.7. The molecular formula is C20H19BrN6O2. The molecule has 1 amide bonds. The van der Waals surface area contributed by atoms with Crippen LogP contribution in [0.15, 0.2) is 45.8 Å². The van der Waals surface area contributed by atoms with Gasteiger partial charge in [0.2, 0.25) is 11.7 Å². The topological polar surface area (TPSA) is 88.3 Å². The van der Waals surface area contributed by atoms with Crippen LogP contribution in [-0.2, 0) is 0 Å². The van der Waals surface area contributed by atoms with Crippen LogP contribution in [0.2, 0.25) is 0 Å². The zero-order valence-corrected chi connectivity index (χ0v) is 17.2. The van der Waals surface area contributed by atoms with E-state index in [0.717, 1.165) is 47.7 Å². The van der Waals surface area contributed by atoms with Crippen molar-refractivity contribution in [2.75, 3.05) is 31.1 Å². The quantitative estimate of drug-likeness (QED) is 0.597. The zero-order chi connectivity index (χ0) is 19.8. The van der Waals surface area contributed by atoms with Crippen molar-refractivity contribution in [1.29, 1.82) is 0 Å². The molecule has 4 heterocycles. The van der Waals surface area contributed by atoms with Crippen molar-refractivity contribution in [3.63, 3.8) is 0 Å². The first kappa shape index (κ1) is 18.2. The van der Waals surface area contributed by atoms with Gasteiger partial charge in [-0.2, -0.15) is 4.98 Å². The molecule has 1 aliphatic carbocycles. The molecule has 0 N–H and O–H groups in total. The van der Waals surface area contributed by atoms with E-state index >= 15 is 0 Å². The number of carbonyl (C=O) groups excluding carboxylic acids is 1. The van der Waals surface area contributed by atoms with Crippen molar-refractivity contribution in [2.45, 2.75) is 18.8 Å². The summed E-state index contributed by atoms with van der Waals surface area (Å²) in [4.78, 5) is 29.8. The summed E-state index contributed by atoms with van der Waals surface area (Å²) in [6, 6.07) is 5.74. The van der Waals surface area contributed by atoms with E-state index in [1.807, 2.05) is 17.0 Å². The Morgan fingerprint density at radius 2 is 1.93 bits per heavy atom. The van der Waals surface area contributed by atoms with Gasteiger partial charge in [-0.25, -0.2) is 4.98 Å². The van der Waals surface area contributed by atoms with Crippen LogP contribution in [0.1, 0.15) is 35.0 Å². The molecule has 3 aromatic rings. The number of pyridine rings is 2. The summed E-state index contributed by atoms with van der Waals surface area (Å²) in [6.07, 6.45) is 7.32. The second-order valence-corrected chi connectivity index (χ2v) is 8.22. The van der Waals surface area contributed by atoms with Gasteiger partial charge in [0.15, 0.2) is 0 Å². The van der Waals surface area contributed by atoms with Crippen LogP contribution in [0.4, 0.5) is 5.82 Å². The summed E-state index contributed by atoms with van der Waals surface area (Å²) in [5.41, 5.74) is 1.45. The standard InChI is InChI=1S/C20H19BrN6O2/c21-16-9-15(10-22-12-16)20(28)27-7-5-26(6-8-27)17-4-3-14(11-23-17)18-24-19(29-25-18)13-1-2-13/h3-4,9-13H,1-2,5-8H2. The number of nitrogens with zero attached hydrogens (tertiary/aromatic N) is 6. The molecule has 5 rings (SSSR count). The SMILES string of the molecule is O=C(c1cncc(Br)c1)N1CCN(c2ccc(-c3noc(C4CC4)n3)cn2)CC1. The van der Waals surface area contributed by atoms with E-state index < -0.39 is 0 Å². The molecule has 148 valence electrons. The molecule has 0 atom stereocenters. The molecule has 9 heteroatoms. The highest BCUT2D eigenvalue weighted by molar-refractivity contribution is 9.10. The van der Waals surface area contributed by atoms with E-state index in [1.165, 1.54) is 0 Å². The van der Waals surface area contributed by atoms with E-state index in [9.17, 15) is 4.79 Å². The number of hydrogen-bond donors (Lipinski definition) is 0. The van der Waals surface area contributed by atoms with Gasteiger partial charge in [0.1, 0.15) is 5.82 Å². The number of rotatable bonds is 4. The van der Waals surface area contributed by atoms with Gasteiger partial charge >= 0.3 is 0 Å². The van der Waals surface area contributed by atoms with Crippen molar-refractivity contribution in [2.24, 2.45) is 0 Å². The third-order valence-electron chi connectivity index (χ3n) is 5.22. The fourth-order valence-corrected chi connectivity index (χ4v) is 3.77. The highest BCUT2D eigenvalue weighted by Crippen LogP contribution is 2.39. The molecule has 2 fully saturated rings. The first-order valence-corrected chi connectivity index (χ1v) is 10.4. The van der Waals surface area contributed by atoms with Crippen molar-refractivity contribution in [3.8, 4) is 11.4 Å². The maximum atomic E-state index is 12.7. The summed E-state index contributed by atoms with van der Waals surface area (Å²) >= 11 is 3.36. The van der Waals surface area contributed by atoms with E-state index in [2.05, 4.69) is 40.9 Å². The summed E-state index contributed by atoms with van der Waals surface area (Å²) < 4.78 is 6.13. The molecule has 1 saturated carbocycles. The molecule has 0 bridgehead atoms. The first-order valence-electron chi connectivity index (χ1n) is 9.62. The summed E-state index contributed by atoms with van der Waals surface area (Å²) in [5.74, 6) is 2.64. The molecule has 0 radical (unpaired) electrons. The van der Waals surface area contributed by atoms with Gasteiger partial charge in [0.05, 0.1) is 5.56 Å². The molecule has 8 nitrogen and oxygen atoms in total. The second-order valence-electron chi connectivity index (χ2n) is 7.31. The van der Waals surface area contributed by atoms with Crippen molar-refractivity contribution in [3.05, 3.63) is 52.7 Å². The Kier molecular flexibility index (Phi) is 4.75. The van der Waals surface area contributed by atoms with E-state index in [1.54, 1.807) is 24.7 Å². The highest BCUT2D eigenvalue weighted by Gasteiger charge is 2.30. The molecule has 29 heavy (non-hydrogen) atoms. The van der Waals surface area contributed by atoms with Crippen molar-refractivity contribution in [1.82, 2.24) is 25.0 Å². The van der Waals surface area contributed by atoms with Crippen LogP contribution in [0, 0.1) is 0 Å². The minimum absolute atomic E-state index is 0.00494. The van der Waals surface area contributed by atoms with Gasteiger partial charge in [0, 0.05) is 60.7 Å². The lowest BCUT2D eigenvalue weighted by Crippen LogP contribution is -2.49. The van der Waals surface area contributed by atoms with Crippen molar-refractivity contribution < 1.29 is 9.32 Å². The molecular weight excluding hydrogens is 436 g/mol. The molecule has 3 aromatic heterocycles. The van der Waals surface area contributed by atoms with Gasteiger partial charge in [-0.15, -0.1) is 0 Å². The smallest absolute Gasteiger partial charge is 0.255 e. The second kappa shape index (κ2) is 7.55. The van der Waals surface area contributed by atoms with Gasteiger partial charge < -0.3 is 14.3 Å². The lowest BCUT2D eigenvalue weighted by atomic mass is 10.2. The Balaban J connectivity index is 1.22. The third kappa shape index (κ3) is 3.87. The monoisotopic (exact) mass is 454 g/mol. The lowest BCUT2D eigenvalue weighted by molar-refractivity contribution is 0.0746. The van der Waals surface area contributed by atoms with E-state index in [-0.39, 0.29) is 5.91 Å². The Morgan fingerprint density at radius 3 is 2.62 bits per heavy atom. The number of hydrogen-bond acceptors (Lipinski definition) is 7. The largest absolute Gasteiger partial charge is 0.353 e. The average Bonchev–Trinajstić information content (AvgIpc) is 3.50. The van der Waals surface area contributed by atoms with Crippen molar-refractivity contribution >= 4 is 27.7 Å². The Bertz CT molecular complexity index is 1030. The Hall–Kier alpha value is -2.81. The lowest BCUT2D eigenvalue weighted by Gasteiger charge is -2.35. The molecule has 0 spiro atoms. The normalized spacial score (nSPS) is 16.9. The molecule has 0 aromatic carbocycles. The van der Waals surface area contributed by atoms with E-state index in [4.69, 9.17) is 4.52 Å². The summed E-state index contributed by atoms with van der Waals surface area (Å²) in [6.45, 7) is 2.75. The number of anilines is 1. The van der Waals surface area contributed by atoms with Gasteiger partial charge in [0.25, 0.3) is 5.91 Å². The van der Waals surface area contributed by atoms with Crippen LogP contribution in [0.5, 0.6) is 0 Å². The highest BCUT2D eigenvalue weighted by atomic mass is 79.9. The molecule has 2 aliphatic rings. The summed E-state index contributed by atoms with van der Waals surface area (Å²) in [7, 11) is 0. The van der Waals surface area contributed by atoms with Gasteiger partial charge in [-0.1, -0.05) is 5.16 Å². The number of aromatic nitrogens is 4. The Labute approximate surface area is 176 Å². The number of halogens is 1. The third-order valence-corrected chi connectivity index (χ3v) is 5.65. The van der Waals surface area contributed by atoms with E-state index in [0.29, 0.717) is 30.4 Å². The number of carbonyl (C=O) groups is 1. The zero-order valence-electron chi connectivity index (χ0n) is 15.7. The first-order chi connectivity index (χ1) is 14.2. The fraction of sp³-hybridized carbons (Fsp3) is 0.350. The Morgan fingerprint density at radius 1 is 1.10 bits per heavy atom. The molecule has 0 unspecified atom stereocenters. The minimum Gasteiger partial charge on any atom is -0.353 e. The van der Waals surface area contributed by atoms with Gasteiger partial charge in [-0.3, -0.25) is 9.78 Å². The maximum Gasteiger partial charge on any atom is 0.255 e. The van der Waals surface area contributed by atoms with Gasteiger partial charge in [-0.05, 0) is 47.0 Å². The fourth-order valence-electron chi connectivity index (χ4n) is 3.40.